The Balaban J connectivity index is 1.92. The van der Waals surface area contributed by atoms with Gasteiger partial charge < -0.3 is 15.7 Å². The molecule has 1 aromatic rings. The van der Waals surface area contributed by atoms with Crippen molar-refractivity contribution in [3.63, 3.8) is 0 Å². The molecule has 2 amide bonds. The molecule has 2 rings (SSSR count). The number of carbonyl (C=O) groups excluding carboxylic acids is 2. The summed E-state index contributed by atoms with van der Waals surface area (Å²) in [6.45, 7) is 4.07. The molecule has 1 aromatic heterocycles. The SMILES string of the molecule is CC(C)C(CCO)NC(=O)c1ccc(NC(=O)C2CC2)s1. The average Bonchev–Trinajstić information content (AvgIpc) is 3.18. The molecular weight excluding hydrogens is 288 g/mol. The summed E-state index contributed by atoms with van der Waals surface area (Å²) >= 11 is 1.28. The van der Waals surface area contributed by atoms with Crippen LogP contribution >= 0.6 is 11.3 Å². The molecule has 0 spiro atoms. The minimum Gasteiger partial charge on any atom is -0.396 e. The first-order valence-corrected chi connectivity index (χ1v) is 8.15. The molecule has 21 heavy (non-hydrogen) atoms. The Bertz CT molecular complexity index is 509. The molecule has 5 nitrogen and oxygen atoms in total. The fraction of sp³-hybridized carbons (Fsp3) is 0.600. The van der Waals surface area contributed by atoms with Gasteiger partial charge in [-0.15, -0.1) is 11.3 Å². The summed E-state index contributed by atoms with van der Waals surface area (Å²) in [4.78, 5) is 24.4. The Kier molecular flexibility index (Phi) is 5.36. The predicted molar refractivity (Wildman–Crippen MR) is 83.5 cm³/mol. The normalized spacial score (nSPS) is 15.8. The van der Waals surface area contributed by atoms with Gasteiger partial charge >= 0.3 is 0 Å². The topological polar surface area (TPSA) is 78.4 Å². The molecule has 0 aromatic carbocycles. The molecule has 1 saturated carbocycles. The van der Waals surface area contributed by atoms with Crippen molar-refractivity contribution < 1.29 is 14.7 Å². The molecule has 116 valence electrons. The van der Waals surface area contributed by atoms with Gasteiger partial charge in [-0.2, -0.15) is 0 Å². The zero-order valence-corrected chi connectivity index (χ0v) is 13.2. The Morgan fingerprint density at radius 3 is 2.67 bits per heavy atom. The summed E-state index contributed by atoms with van der Waals surface area (Å²) in [7, 11) is 0. The second-order valence-corrected chi connectivity index (χ2v) is 6.85. The van der Waals surface area contributed by atoms with E-state index >= 15 is 0 Å². The zero-order valence-electron chi connectivity index (χ0n) is 12.4. The monoisotopic (exact) mass is 310 g/mol. The Morgan fingerprint density at radius 1 is 1.38 bits per heavy atom. The first-order valence-electron chi connectivity index (χ1n) is 7.33. The summed E-state index contributed by atoms with van der Waals surface area (Å²) < 4.78 is 0. The van der Waals surface area contributed by atoms with Crippen LogP contribution in [0.2, 0.25) is 0 Å². The van der Waals surface area contributed by atoms with Gasteiger partial charge in [0, 0.05) is 18.6 Å². The highest BCUT2D eigenvalue weighted by molar-refractivity contribution is 7.18. The van der Waals surface area contributed by atoms with Crippen LogP contribution in [-0.4, -0.2) is 29.6 Å². The van der Waals surface area contributed by atoms with E-state index in [0.29, 0.717) is 16.3 Å². The zero-order chi connectivity index (χ0) is 15.4. The fourth-order valence-corrected chi connectivity index (χ4v) is 2.86. The molecule has 1 atom stereocenters. The highest BCUT2D eigenvalue weighted by Gasteiger charge is 2.30. The minimum absolute atomic E-state index is 0.0455. The van der Waals surface area contributed by atoms with E-state index in [1.54, 1.807) is 12.1 Å². The fourth-order valence-electron chi connectivity index (χ4n) is 2.05. The third-order valence-corrected chi connectivity index (χ3v) is 4.59. The van der Waals surface area contributed by atoms with Gasteiger partial charge in [0.1, 0.15) is 0 Å². The van der Waals surface area contributed by atoms with Crippen LogP contribution in [0.15, 0.2) is 12.1 Å². The molecule has 1 fully saturated rings. The molecule has 0 radical (unpaired) electrons. The van der Waals surface area contributed by atoms with E-state index in [9.17, 15) is 9.59 Å². The Hall–Kier alpha value is -1.40. The van der Waals surface area contributed by atoms with Crippen LogP contribution in [0.25, 0.3) is 0 Å². The number of thiophene rings is 1. The van der Waals surface area contributed by atoms with Crippen molar-refractivity contribution in [1.29, 1.82) is 0 Å². The van der Waals surface area contributed by atoms with Gasteiger partial charge in [-0.1, -0.05) is 13.8 Å². The second kappa shape index (κ2) is 7.04. The van der Waals surface area contributed by atoms with Crippen molar-refractivity contribution in [3.05, 3.63) is 17.0 Å². The first kappa shape index (κ1) is 16.0. The maximum absolute atomic E-state index is 12.2. The summed E-state index contributed by atoms with van der Waals surface area (Å²) in [6, 6.07) is 3.43. The van der Waals surface area contributed by atoms with Gasteiger partial charge in [-0.3, -0.25) is 9.59 Å². The third kappa shape index (κ3) is 4.54. The van der Waals surface area contributed by atoms with Crippen molar-refractivity contribution in [1.82, 2.24) is 5.32 Å². The lowest BCUT2D eigenvalue weighted by Crippen LogP contribution is -2.38. The molecular formula is C15H22N2O3S. The molecule has 1 aliphatic rings. The van der Waals surface area contributed by atoms with E-state index in [1.807, 2.05) is 13.8 Å². The Morgan fingerprint density at radius 2 is 2.10 bits per heavy atom. The van der Waals surface area contributed by atoms with E-state index in [-0.39, 0.29) is 36.3 Å². The number of hydrogen-bond acceptors (Lipinski definition) is 4. The van der Waals surface area contributed by atoms with E-state index in [0.717, 1.165) is 12.8 Å². The van der Waals surface area contributed by atoms with Crippen LogP contribution in [0.4, 0.5) is 5.00 Å². The molecule has 0 saturated heterocycles. The number of aliphatic hydroxyl groups is 1. The molecule has 3 N–H and O–H groups in total. The number of hydrogen-bond donors (Lipinski definition) is 3. The number of rotatable bonds is 7. The van der Waals surface area contributed by atoms with Crippen molar-refractivity contribution in [2.45, 2.75) is 39.2 Å². The van der Waals surface area contributed by atoms with Crippen LogP contribution in [0.5, 0.6) is 0 Å². The number of amides is 2. The van der Waals surface area contributed by atoms with E-state index < -0.39 is 0 Å². The lowest BCUT2D eigenvalue weighted by molar-refractivity contribution is -0.117. The molecule has 1 heterocycles. The quantitative estimate of drug-likeness (QED) is 0.722. The van der Waals surface area contributed by atoms with E-state index in [2.05, 4.69) is 10.6 Å². The van der Waals surface area contributed by atoms with Gasteiger partial charge in [0.05, 0.1) is 9.88 Å². The molecule has 1 aliphatic carbocycles. The Labute approximate surface area is 128 Å². The average molecular weight is 310 g/mol. The summed E-state index contributed by atoms with van der Waals surface area (Å²) in [5.41, 5.74) is 0. The van der Waals surface area contributed by atoms with Crippen molar-refractivity contribution in [2.75, 3.05) is 11.9 Å². The molecule has 1 unspecified atom stereocenters. The van der Waals surface area contributed by atoms with Crippen LogP contribution in [0.3, 0.4) is 0 Å². The molecule has 0 bridgehead atoms. The molecule has 0 aliphatic heterocycles. The van der Waals surface area contributed by atoms with Crippen molar-refractivity contribution in [3.8, 4) is 0 Å². The van der Waals surface area contributed by atoms with Crippen molar-refractivity contribution >= 4 is 28.2 Å². The van der Waals surface area contributed by atoms with E-state index in [1.165, 1.54) is 11.3 Å². The van der Waals surface area contributed by atoms with Crippen molar-refractivity contribution in [2.24, 2.45) is 11.8 Å². The number of aliphatic hydroxyl groups excluding tert-OH is 1. The van der Waals surface area contributed by atoms with Crippen LogP contribution in [0, 0.1) is 11.8 Å². The standard InChI is InChI=1S/C15H22N2O3S/c1-9(2)11(7-8-18)16-15(20)12-5-6-13(21-12)17-14(19)10-3-4-10/h5-6,9-11,18H,3-4,7-8H2,1-2H3,(H,16,20)(H,17,19). The number of nitrogens with one attached hydrogen (secondary N) is 2. The summed E-state index contributed by atoms with van der Waals surface area (Å²) in [5, 5.41) is 15.5. The van der Waals surface area contributed by atoms with Gasteiger partial charge in [0.2, 0.25) is 5.91 Å². The van der Waals surface area contributed by atoms with Gasteiger partial charge in [0.25, 0.3) is 5.91 Å². The van der Waals surface area contributed by atoms with Gasteiger partial charge in [-0.25, -0.2) is 0 Å². The first-order chi connectivity index (χ1) is 10.0. The summed E-state index contributed by atoms with van der Waals surface area (Å²) in [5.74, 6) is 0.303. The number of carbonyl (C=O) groups is 2. The lowest BCUT2D eigenvalue weighted by atomic mass is 10.0. The van der Waals surface area contributed by atoms with Crippen LogP contribution in [0.1, 0.15) is 42.8 Å². The van der Waals surface area contributed by atoms with Gasteiger partial charge in [-0.05, 0) is 37.3 Å². The maximum Gasteiger partial charge on any atom is 0.261 e. The highest BCUT2D eigenvalue weighted by atomic mass is 32.1. The summed E-state index contributed by atoms with van der Waals surface area (Å²) in [6.07, 6.45) is 2.46. The second-order valence-electron chi connectivity index (χ2n) is 5.76. The smallest absolute Gasteiger partial charge is 0.261 e. The number of anilines is 1. The predicted octanol–water partition coefficient (Wildman–Crippen LogP) is 2.23. The van der Waals surface area contributed by atoms with Gasteiger partial charge in [0.15, 0.2) is 0 Å². The maximum atomic E-state index is 12.2. The van der Waals surface area contributed by atoms with E-state index in [4.69, 9.17) is 5.11 Å². The largest absolute Gasteiger partial charge is 0.396 e. The molecule has 6 heteroatoms. The lowest BCUT2D eigenvalue weighted by Gasteiger charge is -2.21. The van der Waals surface area contributed by atoms with Crippen LogP contribution in [-0.2, 0) is 4.79 Å². The third-order valence-electron chi connectivity index (χ3n) is 3.59. The van der Waals surface area contributed by atoms with Crippen LogP contribution < -0.4 is 10.6 Å². The highest BCUT2D eigenvalue weighted by Crippen LogP contribution is 2.31. The minimum atomic E-state index is -0.154.